The van der Waals surface area contributed by atoms with Crippen LogP contribution in [-0.4, -0.2) is 15.5 Å². The first-order chi connectivity index (χ1) is 9.26. The Morgan fingerprint density at radius 3 is 2.65 bits per heavy atom. The lowest BCUT2D eigenvalue weighted by molar-refractivity contribution is -0.117. The standard InChI is InChI=1S/C16H23N3O/c1-11(2)19-10-17-13-8-12(6-7-14(13)19)18-15(20)9-16(3,4)5/h6-8,10-11H,9H2,1-5H3,(H,18,20). The van der Waals surface area contributed by atoms with Crippen molar-refractivity contribution in [3.8, 4) is 0 Å². The van der Waals surface area contributed by atoms with Crippen molar-refractivity contribution in [3.05, 3.63) is 24.5 Å². The van der Waals surface area contributed by atoms with Gasteiger partial charge in [0, 0.05) is 18.2 Å². The Morgan fingerprint density at radius 2 is 2.05 bits per heavy atom. The van der Waals surface area contributed by atoms with Crippen LogP contribution < -0.4 is 5.32 Å². The maximum Gasteiger partial charge on any atom is 0.224 e. The number of nitrogens with one attached hydrogen (secondary N) is 1. The lowest BCUT2D eigenvalue weighted by Crippen LogP contribution is -2.19. The van der Waals surface area contributed by atoms with Crippen molar-refractivity contribution in [2.24, 2.45) is 5.41 Å². The monoisotopic (exact) mass is 273 g/mol. The van der Waals surface area contributed by atoms with Crippen molar-refractivity contribution in [2.75, 3.05) is 5.32 Å². The van der Waals surface area contributed by atoms with Crippen molar-refractivity contribution in [1.29, 1.82) is 0 Å². The third kappa shape index (κ3) is 3.38. The quantitative estimate of drug-likeness (QED) is 0.919. The van der Waals surface area contributed by atoms with Crippen LogP contribution in [0.1, 0.15) is 47.1 Å². The summed E-state index contributed by atoms with van der Waals surface area (Å²) < 4.78 is 2.12. The van der Waals surface area contributed by atoms with E-state index < -0.39 is 0 Å². The molecule has 0 unspecified atom stereocenters. The first kappa shape index (κ1) is 14.6. The Hall–Kier alpha value is -1.84. The summed E-state index contributed by atoms with van der Waals surface area (Å²) in [6, 6.07) is 6.24. The molecule has 1 aromatic heterocycles. The molecule has 0 radical (unpaired) electrons. The van der Waals surface area contributed by atoms with Crippen LogP contribution in [0.5, 0.6) is 0 Å². The largest absolute Gasteiger partial charge is 0.328 e. The van der Waals surface area contributed by atoms with E-state index in [1.54, 1.807) is 0 Å². The summed E-state index contributed by atoms with van der Waals surface area (Å²) in [6.07, 6.45) is 2.35. The summed E-state index contributed by atoms with van der Waals surface area (Å²) in [5.74, 6) is 0.0418. The van der Waals surface area contributed by atoms with E-state index in [4.69, 9.17) is 0 Å². The molecule has 4 nitrogen and oxygen atoms in total. The Balaban J connectivity index is 2.19. The zero-order chi connectivity index (χ0) is 14.9. The second kappa shape index (κ2) is 5.27. The maximum absolute atomic E-state index is 11.9. The average molecular weight is 273 g/mol. The highest BCUT2D eigenvalue weighted by Crippen LogP contribution is 2.23. The first-order valence-corrected chi connectivity index (χ1v) is 7.03. The number of anilines is 1. The number of carbonyl (C=O) groups excluding carboxylic acids is 1. The third-order valence-corrected chi connectivity index (χ3v) is 3.11. The molecular weight excluding hydrogens is 250 g/mol. The Kier molecular flexibility index (Phi) is 3.84. The van der Waals surface area contributed by atoms with Gasteiger partial charge in [0.25, 0.3) is 0 Å². The van der Waals surface area contributed by atoms with Crippen LogP contribution in [0.3, 0.4) is 0 Å². The van der Waals surface area contributed by atoms with Gasteiger partial charge < -0.3 is 9.88 Å². The molecule has 1 amide bonds. The van der Waals surface area contributed by atoms with Gasteiger partial charge in [0.15, 0.2) is 0 Å². The normalized spacial score (nSPS) is 12.1. The molecule has 0 saturated carbocycles. The molecule has 0 fully saturated rings. The number of hydrogen-bond donors (Lipinski definition) is 1. The van der Waals surface area contributed by atoms with Gasteiger partial charge in [-0.25, -0.2) is 4.98 Å². The van der Waals surface area contributed by atoms with Gasteiger partial charge in [-0.15, -0.1) is 0 Å². The summed E-state index contributed by atoms with van der Waals surface area (Å²) in [7, 11) is 0. The molecule has 0 aliphatic carbocycles. The molecule has 0 spiro atoms. The SMILES string of the molecule is CC(C)n1cnc2cc(NC(=O)CC(C)(C)C)ccc21. The molecular formula is C16H23N3O. The van der Waals surface area contributed by atoms with E-state index in [9.17, 15) is 4.79 Å². The number of aromatic nitrogens is 2. The summed E-state index contributed by atoms with van der Waals surface area (Å²) in [5.41, 5.74) is 2.80. The molecule has 4 heteroatoms. The van der Waals surface area contributed by atoms with Crippen LogP contribution >= 0.6 is 0 Å². The lowest BCUT2D eigenvalue weighted by Gasteiger charge is -2.17. The van der Waals surface area contributed by atoms with E-state index in [1.807, 2.05) is 24.5 Å². The van der Waals surface area contributed by atoms with Gasteiger partial charge in [-0.1, -0.05) is 20.8 Å². The van der Waals surface area contributed by atoms with Crippen molar-refractivity contribution in [2.45, 2.75) is 47.1 Å². The number of rotatable bonds is 3. The van der Waals surface area contributed by atoms with Crippen molar-refractivity contribution < 1.29 is 4.79 Å². The van der Waals surface area contributed by atoms with Crippen molar-refractivity contribution in [3.63, 3.8) is 0 Å². The molecule has 0 saturated heterocycles. The lowest BCUT2D eigenvalue weighted by atomic mass is 9.92. The zero-order valence-electron chi connectivity index (χ0n) is 12.9. The van der Waals surface area contributed by atoms with Crippen LogP contribution in [0.4, 0.5) is 5.69 Å². The zero-order valence-corrected chi connectivity index (χ0v) is 12.9. The molecule has 20 heavy (non-hydrogen) atoms. The number of amides is 1. The van der Waals surface area contributed by atoms with Crippen LogP contribution in [0.25, 0.3) is 11.0 Å². The fraction of sp³-hybridized carbons (Fsp3) is 0.500. The molecule has 0 aliphatic rings. The Labute approximate surface area is 120 Å². The molecule has 0 atom stereocenters. The minimum Gasteiger partial charge on any atom is -0.328 e. The van der Waals surface area contributed by atoms with Crippen molar-refractivity contribution >= 4 is 22.6 Å². The second-order valence-electron chi connectivity index (χ2n) is 6.73. The third-order valence-electron chi connectivity index (χ3n) is 3.11. The van der Waals surface area contributed by atoms with Gasteiger partial charge in [-0.05, 0) is 37.5 Å². The van der Waals surface area contributed by atoms with E-state index in [2.05, 4.69) is 49.5 Å². The minimum atomic E-state index is -0.00654. The second-order valence-corrected chi connectivity index (χ2v) is 6.73. The van der Waals surface area contributed by atoms with Crippen LogP contribution in [-0.2, 0) is 4.79 Å². The van der Waals surface area contributed by atoms with Crippen LogP contribution in [0.15, 0.2) is 24.5 Å². The predicted molar refractivity (Wildman–Crippen MR) is 82.8 cm³/mol. The first-order valence-electron chi connectivity index (χ1n) is 7.03. The predicted octanol–water partition coefficient (Wildman–Crippen LogP) is 3.99. The average Bonchev–Trinajstić information content (AvgIpc) is 2.68. The highest BCUT2D eigenvalue weighted by Gasteiger charge is 2.16. The summed E-state index contributed by atoms with van der Waals surface area (Å²) in [5, 5.41) is 2.94. The van der Waals surface area contributed by atoms with E-state index in [0.717, 1.165) is 16.7 Å². The summed E-state index contributed by atoms with van der Waals surface area (Å²) in [6.45, 7) is 10.4. The number of carbonyl (C=O) groups is 1. The fourth-order valence-electron chi connectivity index (χ4n) is 2.21. The summed E-state index contributed by atoms with van der Waals surface area (Å²) in [4.78, 5) is 16.3. The number of benzene rings is 1. The number of fused-ring (bicyclic) bond motifs is 1. The van der Waals surface area contributed by atoms with Gasteiger partial charge >= 0.3 is 0 Å². The molecule has 0 aliphatic heterocycles. The van der Waals surface area contributed by atoms with E-state index in [-0.39, 0.29) is 11.3 Å². The van der Waals surface area contributed by atoms with Crippen molar-refractivity contribution in [1.82, 2.24) is 9.55 Å². The Morgan fingerprint density at radius 1 is 1.35 bits per heavy atom. The number of imidazole rings is 1. The molecule has 2 aromatic rings. The fourth-order valence-corrected chi connectivity index (χ4v) is 2.21. The molecule has 1 aromatic carbocycles. The topological polar surface area (TPSA) is 46.9 Å². The molecule has 2 rings (SSSR count). The summed E-state index contributed by atoms with van der Waals surface area (Å²) >= 11 is 0. The van der Waals surface area contributed by atoms with Gasteiger partial charge in [0.05, 0.1) is 17.4 Å². The smallest absolute Gasteiger partial charge is 0.224 e. The number of hydrogen-bond acceptors (Lipinski definition) is 2. The van der Waals surface area contributed by atoms with E-state index >= 15 is 0 Å². The minimum absolute atomic E-state index is 0.00654. The van der Waals surface area contributed by atoms with Gasteiger partial charge in [0.1, 0.15) is 0 Å². The number of nitrogens with zero attached hydrogens (tertiary/aromatic N) is 2. The highest BCUT2D eigenvalue weighted by molar-refractivity contribution is 5.93. The molecule has 1 N–H and O–H groups in total. The molecule has 0 bridgehead atoms. The van der Waals surface area contributed by atoms with Crippen LogP contribution in [0, 0.1) is 5.41 Å². The van der Waals surface area contributed by atoms with Crippen LogP contribution in [0.2, 0.25) is 0 Å². The van der Waals surface area contributed by atoms with E-state index in [1.165, 1.54) is 0 Å². The maximum atomic E-state index is 11.9. The van der Waals surface area contributed by atoms with Gasteiger partial charge in [-0.2, -0.15) is 0 Å². The molecule has 108 valence electrons. The van der Waals surface area contributed by atoms with E-state index in [0.29, 0.717) is 12.5 Å². The highest BCUT2D eigenvalue weighted by atomic mass is 16.1. The molecule has 1 heterocycles. The Bertz CT molecular complexity index is 620. The van der Waals surface area contributed by atoms with Gasteiger partial charge in [-0.3, -0.25) is 4.79 Å². The van der Waals surface area contributed by atoms with Gasteiger partial charge in [0.2, 0.25) is 5.91 Å².